The number of Topliss-reactive ketones (excluding diaryl/α,β-unsaturated/α-hetero) is 3. The SMILES string of the molecule is CC(=O)NCCCCC1NC(=O)CSCC(C(N)=O)NC(=O)C(Cc2ccc(O)cc2)CC(=O)C2CSSCC(NC1=O)C(=O)CC(CCCN=C(N)N)C(=O)NCC(=O)CC(CC(=O)O)C(=O)N2. The number of nitrogens with zero attached hydrogens (tertiary/aromatic N) is 1. The smallest absolute Gasteiger partial charge is 0.304 e. The van der Waals surface area contributed by atoms with Crippen LogP contribution in [0.5, 0.6) is 5.75 Å². The number of guanidine groups is 1. The van der Waals surface area contributed by atoms with Crippen LogP contribution < -0.4 is 49.1 Å². The van der Waals surface area contributed by atoms with Gasteiger partial charge in [0.25, 0.3) is 0 Å². The number of nitrogens with two attached hydrogens (primary N) is 3. The van der Waals surface area contributed by atoms with Gasteiger partial charge in [-0.15, -0.1) is 11.8 Å². The summed E-state index contributed by atoms with van der Waals surface area (Å²) < 4.78 is 0. The number of carbonyl (C=O) groups excluding carboxylic acids is 10. The largest absolute Gasteiger partial charge is 0.508 e. The molecule has 23 nitrogen and oxygen atoms in total. The molecule has 2 fully saturated rings. The van der Waals surface area contributed by atoms with Crippen LogP contribution >= 0.6 is 33.3 Å². The van der Waals surface area contributed by atoms with Gasteiger partial charge in [-0.2, -0.15) is 0 Å². The highest BCUT2D eigenvalue weighted by Gasteiger charge is 2.35. The lowest BCUT2D eigenvalue weighted by Crippen LogP contribution is -2.53. The Morgan fingerprint density at radius 2 is 1.36 bits per heavy atom. The average molecular weight is 1020 g/mol. The molecule has 0 saturated carbocycles. The molecule has 7 atom stereocenters. The number of rotatable bonds is 14. The molecule has 26 heteroatoms. The number of thioether (sulfide) groups is 1. The Kier molecular flexibility index (Phi) is 24.9. The molecule has 380 valence electrons. The number of aliphatic imine (C=N–C) groups is 1. The summed E-state index contributed by atoms with van der Waals surface area (Å²) in [7, 11) is 2.00. The van der Waals surface area contributed by atoms with E-state index < -0.39 is 133 Å². The van der Waals surface area contributed by atoms with Crippen LogP contribution in [0.2, 0.25) is 0 Å². The highest BCUT2D eigenvalue weighted by Crippen LogP contribution is 2.27. The van der Waals surface area contributed by atoms with Gasteiger partial charge in [0.05, 0.1) is 36.7 Å². The van der Waals surface area contributed by atoms with E-state index in [-0.39, 0.29) is 79.4 Å². The second-order valence-corrected chi connectivity index (χ2v) is 20.2. The Hall–Kier alpha value is -5.89. The second kappa shape index (κ2) is 29.9. The third kappa shape index (κ3) is 22.0. The first kappa shape index (κ1) is 57.4. The molecule has 2 saturated heterocycles. The van der Waals surface area contributed by atoms with E-state index in [1.165, 1.54) is 31.2 Å². The summed E-state index contributed by atoms with van der Waals surface area (Å²) in [6.45, 7) is 1.06. The minimum atomic E-state index is -1.51. The standard InChI is InChI=1S/C43H62N10O13S3/c1-23(54)47-11-3-2-6-30-42(66)52-32-21-69-68-20-31(35(58)16-26(13-24-7-9-28(55)10-8-24)40(64)53-33(38(44)62)19-67-22-36(59)50-30)51-41(65)27(17-37(60)61)14-29(56)18-49-39(63)25(15-34(32)57)5-4-12-48-43(45)46/h7-10,25-27,30-33,55H,2-6,11-22H2,1H3,(H2,44,62)(H,47,54)(H,49,63)(H,50,59)(H,51,65)(H,52,66)(H,53,64)(H,60,61)(H4,45,46,48). The fourth-order valence-corrected chi connectivity index (χ4v) is 10.4. The first-order valence-corrected chi connectivity index (χ1v) is 25.8. The number of carboxylic acids is 1. The minimum absolute atomic E-state index is 0.0476. The minimum Gasteiger partial charge on any atom is -0.508 e. The quantitative estimate of drug-likeness (QED) is 0.0423. The van der Waals surface area contributed by atoms with Gasteiger partial charge in [-0.1, -0.05) is 33.7 Å². The average Bonchev–Trinajstić information content (AvgIpc) is 3.27. The van der Waals surface area contributed by atoms with Gasteiger partial charge in [0.15, 0.2) is 23.3 Å². The number of carbonyl (C=O) groups is 11. The van der Waals surface area contributed by atoms with Crippen molar-refractivity contribution in [1.82, 2.24) is 31.9 Å². The second-order valence-electron chi connectivity index (χ2n) is 16.6. The molecule has 3 rings (SSSR count). The number of aliphatic carboxylic acids is 1. The molecular weight excluding hydrogens is 961 g/mol. The fourth-order valence-electron chi connectivity index (χ4n) is 7.18. The zero-order chi connectivity index (χ0) is 51.0. The summed E-state index contributed by atoms with van der Waals surface area (Å²) >= 11 is 0.908. The van der Waals surface area contributed by atoms with Crippen LogP contribution in [-0.2, 0) is 59.2 Å². The third-order valence-corrected chi connectivity index (χ3v) is 14.3. The van der Waals surface area contributed by atoms with Crippen molar-refractivity contribution >= 4 is 104 Å². The van der Waals surface area contributed by atoms with Gasteiger partial charge in [0.1, 0.15) is 17.8 Å². The maximum absolute atomic E-state index is 14.4. The van der Waals surface area contributed by atoms with Gasteiger partial charge < -0.3 is 59.3 Å². The molecule has 1 aromatic carbocycles. The van der Waals surface area contributed by atoms with Crippen LogP contribution in [0.15, 0.2) is 29.3 Å². The van der Waals surface area contributed by atoms with E-state index in [2.05, 4.69) is 36.9 Å². The van der Waals surface area contributed by atoms with Crippen molar-refractivity contribution in [1.29, 1.82) is 0 Å². The number of carboxylic acid groups (broad SMARTS) is 1. The molecule has 0 radical (unpaired) electrons. The molecule has 2 aliphatic heterocycles. The van der Waals surface area contributed by atoms with E-state index in [1.54, 1.807) is 0 Å². The highest BCUT2D eigenvalue weighted by molar-refractivity contribution is 8.76. The van der Waals surface area contributed by atoms with Crippen molar-refractivity contribution < 1.29 is 63.0 Å². The van der Waals surface area contributed by atoms with Crippen LogP contribution in [-0.4, -0.2) is 148 Å². The number of phenols is 1. The van der Waals surface area contributed by atoms with Crippen LogP contribution in [0.4, 0.5) is 0 Å². The molecule has 2 aliphatic rings. The Balaban J connectivity index is 2.14. The third-order valence-electron chi connectivity index (χ3n) is 10.9. The van der Waals surface area contributed by atoms with Gasteiger partial charge in [-0.3, -0.25) is 57.7 Å². The number of unbranched alkanes of at least 4 members (excludes halogenated alkanes) is 1. The van der Waals surface area contributed by atoms with Crippen molar-refractivity contribution in [3.05, 3.63) is 29.8 Å². The van der Waals surface area contributed by atoms with Gasteiger partial charge in [0.2, 0.25) is 41.4 Å². The number of hydrogen-bond donors (Lipinski definition) is 11. The van der Waals surface area contributed by atoms with Crippen LogP contribution in [0.1, 0.15) is 70.3 Å². The predicted molar refractivity (Wildman–Crippen MR) is 258 cm³/mol. The van der Waals surface area contributed by atoms with Gasteiger partial charge in [0, 0.05) is 68.4 Å². The molecular formula is C43H62N10O13S3. The van der Waals surface area contributed by atoms with Crippen molar-refractivity contribution in [2.45, 2.75) is 95.3 Å². The predicted octanol–water partition coefficient (Wildman–Crippen LogP) is -1.82. The van der Waals surface area contributed by atoms with E-state index in [0.717, 1.165) is 33.3 Å². The normalized spacial score (nSPS) is 24.4. The van der Waals surface area contributed by atoms with E-state index in [0.29, 0.717) is 18.4 Å². The topological polar surface area (TPSA) is 391 Å². The van der Waals surface area contributed by atoms with E-state index >= 15 is 0 Å². The molecule has 0 aromatic heterocycles. The Bertz CT molecular complexity index is 2060. The van der Waals surface area contributed by atoms with E-state index in [4.69, 9.17) is 17.2 Å². The molecule has 2 bridgehead atoms. The summed E-state index contributed by atoms with van der Waals surface area (Å²) in [5.41, 5.74) is 17.1. The molecule has 0 spiro atoms. The number of benzene rings is 1. The van der Waals surface area contributed by atoms with E-state index in [9.17, 15) is 63.0 Å². The zero-order valence-corrected chi connectivity index (χ0v) is 40.6. The fraction of sp³-hybridized carbons (Fsp3) is 0.581. The lowest BCUT2D eigenvalue weighted by Gasteiger charge is -2.25. The van der Waals surface area contributed by atoms with Gasteiger partial charge >= 0.3 is 5.97 Å². The number of nitrogens with one attached hydrogen (secondary N) is 6. The lowest BCUT2D eigenvalue weighted by molar-refractivity contribution is -0.142. The number of ketones is 3. The molecule has 14 N–H and O–H groups in total. The molecule has 0 aliphatic carbocycles. The van der Waals surface area contributed by atoms with Crippen LogP contribution in [0.25, 0.3) is 0 Å². The van der Waals surface area contributed by atoms with Crippen LogP contribution in [0, 0.1) is 17.8 Å². The Labute approximate surface area is 410 Å². The number of phenolic OH excluding ortho intramolecular Hbond substituents is 1. The van der Waals surface area contributed by atoms with Gasteiger partial charge in [-0.05, 0) is 56.2 Å². The van der Waals surface area contributed by atoms with Crippen LogP contribution in [0.3, 0.4) is 0 Å². The highest BCUT2D eigenvalue weighted by atomic mass is 33.1. The number of primary amides is 1. The maximum atomic E-state index is 14.4. The van der Waals surface area contributed by atoms with Gasteiger partial charge in [-0.25, -0.2) is 0 Å². The van der Waals surface area contributed by atoms with E-state index in [1.807, 2.05) is 0 Å². The number of hydrogen-bond acceptors (Lipinski definition) is 16. The number of aromatic hydroxyl groups is 1. The summed E-state index contributed by atoms with van der Waals surface area (Å²) in [6.07, 6.45) is -1.51. The molecule has 2 heterocycles. The Morgan fingerprint density at radius 3 is 1.97 bits per heavy atom. The van der Waals surface area contributed by atoms with Crippen molar-refractivity contribution in [2.75, 3.05) is 42.6 Å². The molecule has 69 heavy (non-hydrogen) atoms. The maximum Gasteiger partial charge on any atom is 0.304 e. The summed E-state index contributed by atoms with van der Waals surface area (Å²) in [4.78, 5) is 151. The first-order chi connectivity index (χ1) is 32.7. The first-order valence-electron chi connectivity index (χ1n) is 22.2. The molecule has 7 amide bonds. The number of fused-ring (bicyclic) bond motifs is 5. The monoisotopic (exact) mass is 1020 g/mol. The summed E-state index contributed by atoms with van der Waals surface area (Å²) in [5.74, 6) is -13.6. The van der Waals surface area contributed by atoms with Crippen molar-refractivity contribution in [3.63, 3.8) is 0 Å². The zero-order valence-electron chi connectivity index (χ0n) is 38.2. The Morgan fingerprint density at radius 1 is 0.739 bits per heavy atom. The number of amides is 7. The molecule has 1 aromatic rings. The molecule has 7 unspecified atom stereocenters. The lowest BCUT2D eigenvalue weighted by atomic mass is 9.90. The summed E-state index contributed by atoms with van der Waals surface area (Å²) in [5, 5.41) is 35.3. The van der Waals surface area contributed by atoms with Crippen molar-refractivity contribution in [3.8, 4) is 5.75 Å². The van der Waals surface area contributed by atoms with Crippen molar-refractivity contribution in [2.24, 2.45) is 39.9 Å². The summed E-state index contributed by atoms with van der Waals surface area (Å²) in [6, 6.07) is 0.475.